The van der Waals surface area contributed by atoms with Crippen LogP contribution in [-0.4, -0.2) is 9.91 Å². The molecule has 110 valence electrons. The summed E-state index contributed by atoms with van der Waals surface area (Å²) in [4.78, 5) is 14.4. The molecule has 0 saturated carbocycles. The van der Waals surface area contributed by atoms with Gasteiger partial charge in [-0.1, -0.05) is 29.8 Å². The summed E-state index contributed by atoms with van der Waals surface area (Å²) >= 11 is 6.67. The molecule has 0 saturated heterocycles. The molecule has 0 aliphatic heterocycles. The van der Waals surface area contributed by atoms with Gasteiger partial charge in [-0.05, 0) is 45.6 Å². The summed E-state index contributed by atoms with van der Waals surface area (Å²) in [5, 5.41) is 11.1. The Morgan fingerprint density at radius 2 is 2.00 bits per heavy atom. The minimum Gasteiger partial charge on any atom is -0.448 e. The number of pyridine rings is 1. The molecule has 0 amide bonds. The number of hydrogen-bond donors (Lipinski definition) is 0. The van der Waals surface area contributed by atoms with Crippen LogP contribution in [0.2, 0.25) is 0 Å². The van der Waals surface area contributed by atoms with Crippen LogP contribution in [0.3, 0.4) is 0 Å². The zero-order valence-electron chi connectivity index (χ0n) is 11.3. The molecular weight excluding hydrogens is 404 g/mol. The standard InChI is InChI=1S/C14H12Br2N2O3/c1-8(2)10-5-9(15)3-4-13(10)21-14-11(16)6-17-7-12(14)18(19)20/h3-8H,1-2H3. The van der Waals surface area contributed by atoms with Crippen LogP contribution in [0, 0.1) is 10.1 Å². The van der Waals surface area contributed by atoms with E-state index in [4.69, 9.17) is 4.74 Å². The molecule has 0 atom stereocenters. The third-order valence-corrected chi connectivity index (χ3v) is 3.89. The highest BCUT2D eigenvalue weighted by Crippen LogP contribution is 2.40. The van der Waals surface area contributed by atoms with Crippen LogP contribution < -0.4 is 4.74 Å². The minimum absolute atomic E-state index is 0.152. The lowest BCUT2D eigenvalue weighted by atomic mass is 10.0. The molecule has 0 unspecified atom stereocenters. The van der Waals surface area contributed by atoms with E-state index in [2.05, 4.69) is 36.8 Å². The monoisotopic (exact) mass is 414 g/mol. The molecule has 0 N–H and O–H groups in total. The van der Waals surface area contributed by atoms with Gasteiger partial charge in [-0.25, -0.2) is 0 Å². The van der Waals surface area contributed by atoms with Gasteiger partial charge in [0.1, 0.15) is 11.9 Å². The van der Waals surface area contributed by atoms with Gasteiger partial charge in [-0.15, -0.1) is 0 Å². The Morgan fingerprint density at radius 1 is 1.29 bits per heavy atom. The van der Waals surface area contributed by atoms with Crippen LogP contribution in [0.4, 0.5) is 5.69 Å². The van der Waals surface area contributed by atoms with E-state index in [0.717, 1.165) is 10.0 Å². The van der Waals surface area contributed by atoms with E-state index in [1.54, 1.807) is 6.07 Å². The summed E-state index contributed by atoms with van der Waals surface area (Å²) in [6.45, 7) is 4.06. The highest BCUT2D eigenvalue weighted by atomic mass is 79.9. The van der Waals surface area contributed by atoms with Gasteiger partial charge in [0.05, 0.1) is 9.40 Å². The van der Waals surface area contributed by atoms with E-state index in [0.29, 0.717) is 10.2 Å². The SMILES string of the molecule is CC(C)c1cc(Br)ccc1Oc1c(Br)cncc1[N+](=O)[O-]. The van der Waals surface area contributed by atoms with Crippen LogP contribution in [-0.2, 0) is 0 Å². The van der Waals surface area contributed by atoms with Crippen molar-refractivity contribution in [1.29, 1.82) is 0 Å². The number of benzene rings is 1. The third kappa shape index (κ3) is 3.59. The first-order chi connectivity index (χ1) is 9.90. The maximum atomic E-state index is 11.1. The van der Waals surface area contributed by atoms with Crippen molar-refractivity contribution in [3.8, 4) is 11.5 Å². The summed E-state index contributed by atoms with van der Waals surface area (Å²) in [5.41, 5.74) is 0.782. The first kappa shape index (κ1) is 15.9. The molecule has 0 spiro atoms. The highest BCUT2D eigenvalue weighted by Gasteiger charge is 2.21. The smallest absolute Gasteiger partial charge is 0.330 e. The van der Waals surface area contributed by atoms with Crippen LogP contribution in [0.1, 0.15) is 25.3 Å². The van der Waals surface area contributed by atoms with E-state index >= 15 is 0 Å². The summed E-state index contributed by atoms with van der Waals surface area (Å²) in [5.74, 6) is 0.958. The largest absolute Gasteiger partial charge is 0.448 e. The van der Waals surface area contributed by atoms with Crippen molar-refractivity contribution >= 4 is 37.5 Å². The van der Waals surface area contributed by atoms with Gasteiger partial charge in [-0.3, -0.25) is 15.1 Å². The van der Waals surface area contributed by atoms with Crippen LogP contribution in [0.5, 0.6) is 11.5 Å². The summed E-state index contributed by atoms with van der Waals surface area (Å²) in [6, 6.07) is 5.57. The quantitative estimate of drug-likeness (QED) is 0.493. The average Bonchev–Trinajstić information content (AvgIpc) is 2.42. The number of nitro groups is 1. The Balaban J connectivity index is 2.51. The Bertz CT molecular complexity index is 690. The van der Waals surface area contributed by atoms with Crippen molar-refractivity contribution in [1.82, 2.24) is 4.98 Å². The van der Waals surface area contributed by atoms with E-state index in [1.165, 1.54) is 12.4 Å². The molecule has 1 aromatic carbocycles. The van der Waals surface area contributed by atoms with Crippen molar-refractivity contribution in [2.75, 3.05) is 0 Å². The van der Waals surface area contributed by atoms with Crippen LogP contribution in [0.25, 0.3) is 0 Å². The van der Waals surface area contributed by atoms with Gasteiger partial charge < -0.3 is 4.74 Å². The van der Waals surface area contributed by atoms with Crippen LogP contribution >= 0.6 is 31.9 Å². The van der Waals surface area contributed by atoms with Gasteiger partial charge in [0, 0.05) is 10.7 Å². The van der Waals surface area contributed by atoms with Crippen molar-refractivity contribution in [3.05, 3.63) is 55.2 Å². The molecule has 1 heterocycles. The van der Waals surface area contributed by atoms with Crippen molar-refractivity contribution in [3.63, 3.8) is 0 Å². The van der Waals surface area contributed by atoms with E-state index in [9.17, 15) is 10.1 Å². The maximum Gasteiger partial charge on any atom is 0.330 e. The Hall–Kier alpha value is -1.47. The summed E-state index contributed by atoms with van der Waals surface area (Å²) in [7, 11) is 0. The molecule has 5 nitrogen and oxygen atoms in total. The fourth-order valence-electron chi connectivity index (χ4n) is 1.82. The fourth-order valence-corrected chi connectivity index (χ4v) is 2.60. The van der Waals surface area contributed by atoms with Gasteiger partial charge >= 0.3 is 5.69 Å². The van der Waals surface area contributed by atoms with E-state index in [1.807, 2.05) is 26.0 Å². The molecule has 21 heavy (non-hydrogen) atoms. The van der Waals surface area contributed by atoms with Crippen molar-refractivity contribution in [2.24, 2.45) is 0 Å². The number of ether oxygens (including phenoxy) is 1. The molecule has 1 aromatic heterocycles. The van der Waals surface area contributed by atoms with Crippen molar-refractivity contribution < 1.29 is 9.66 Å². The molecule has 0 radical (unpaired) electrons. The summed E-state index contributed by atoms with van der Waals surface area (Å²) < 4.78 is 7.17. The second kappa shape index (κ2) is 6.53. The van der Waals surface area contributed by atoms with E-state index in [-0.39, 0.29) is 17.4 Å². The molecule has 7 heteroatoms. The number of rotatable bonds is 4. The number of aromatic nitrogens is 1. The maximum absolute atomic E-state index is 11.1. The predicted molar refractivity (Wildman–Crippen MR) is 86.9 cm³/mol. The predicted octanol–water partition coefficient (Wildman–Crippen LogP) is 5.43. The van der Waals surface area contributed by atoms with Gasteiger partial charge in [0.25, 0.3) is 0 Å². The lowest BCUT2D eigenvalue weighted by Crippen LogP contribution is -1.98. The molecule has 0 aliphatic rings. The van der Waals surface area contributed by atoms with Gasteiger partial charge in [-0.2, -0.15) is 0 Å². The second-order valence-corrected chi connectivity index (χ2v) is 6.44. The van der Waals surface area contributed by atoms with Crippen LogP contribution in [0.15, 0.2) is 39.5 Å². The first-order valence-electron chi connectivity index (χ1n) is 6.15. The average molecular weight is 416 g/mol. The Morgan fingerprint density at radius 3 is 2.62 bits per heavy atom. The first-order valence-corrected chi connectivity index (χ1v) is 7.74. The van der Waals surface area contributed by atoms with Gasteiger partial charge in [0.2, 0.25) is 5.75 Å². The highest BCUT2D eigenvalue weighted by molar-refractivity contribution is 9.10. The zero-order chi connectivity index (χ0) is 15.6. The Kier molecular flexibility index (Phi) is 4.95. The topological polar surface area (TPSA) is 65.3 Å². The molecule has 2 aromatic rings. The molecule has 0 aliphatic carbocycles. The minimum atomic E-state index is -0.513. The fraction of sp³-hybridized carbons (Fsp3) is 0.214. The van der Waals surface area contributed by atoms with E-state index < -0.39 is 4.92 Å². The molecule has 0 bridgehead atoms. The lowest BCUT2D eigenvalue weighted by molar-refractivity contribution is -0.386. The number of hydrogen-bond acceptors (Lipinski definition) is 4. The lowest BCUT2D eigenvalue weighted by Gasteiger charge is -2.14. The summed E-state index contributed by atoms with van der Waals surface area (Å²) in [6.07, 6.45) is 2.64. The third-order valence-electron chi connectivity index (χ3n) is 2.84. The number of halogens is 2. The van der Waals surface area contributed by atoms with Crippen molar-refractivity contribution in [2.45, 2.75) is 19.8 Å². The molecule has 2 rings (SSSR count). The molecular formula is C14H12Br2N2O3. The zero-order valence-corrected chi connectivity index (χ0v) is 14.5. The Labute approximate surface area is 138 Å². The molecule has 0 fully saturated rings. The normalized spacial score (nSPS) is 10.7. The van der Waals surface area contributed by atoms with Gasteiger partial charge in [0.15, 0.2) is 0 Å². The second-order valence-electron chi connectivity index (χ2n) is 4.67. The number of nitrogens with zero attached hydrogens (tertiary/aromatic N) is 2.